The van der Waals surface area contributed by atoms with Crippen molar-refractivity contribution in [3.8, 4) is 0 Å². The molecule has 1 aliphatic carbocycles. The van der Waals surface area contributed by atoms with Gasteiger partial charge in [0.1, 0.15) is 11.6 Å². The molecule has 4 rings (SSSR count). The first-order valence-corrected chi connectivity index (χ1v) is 20.6. The Kier molecular flexibility index (Phi) is 12.6. The highest BCUT2D eigenvalue weighted by Gasteiger charge is 2.38. The number of carbonyl (C=O) groups is 4. The molecular weight excluding hydrogens is 625 g/mol. The summed E-state index contributed by atoms with van der Waals surface area (Å²) < 4.78 is 11.1. The molecule has 0 unspecified atom stereocenters. The highest BCUT2D eigenvalue weighted by molar-refractivity contribution is 6.76. The van der Waals surface area contributed by atoms with Crippen LogP contribution in [0.25, 0.3) is 10.9 Å². The molecule has 10 nitrogen and oxygen atoms in total. The van der Waals surface area contributed by atoms with E-state index in [0.29, 0.717) is 6.61 Å². The van der Waals surface area contributed by atoms with Gasteiger partial charge in [0.2, 0.25) is 11.8 Å². The zero-order valence-corrected chi connectivity index (χ0v) is 29.8. The standard InChI is InChI=1S/C37H50N4O6Si/c1-26-13-9-12-18-32(26)47-36(45)41-37(2,23-28-24-38-30-17-11-10-16-29(28)30)35(44)39-25-31(27-14-7-6-8-15-27)40-33(42)19-20-34(43)46-21-22-48(3,4)5/h6-8,10-11,14-17,19-20,24,26,31-32,38H,9,12-13,18,21-23,25H2,1-5H3,(H,39,44)(H,40,42)(H,41,45)/b20-19+/t26-,31+,32-,37-/m1/s1. The van der Waals surface area contributed by atoms with Gasteiger partial charge in [-0.2, -0.15) is 0 Å². The number of fused-ring (bicyclic) bond motifs is 1. The Bertz CT molecular complexity index is 1580. The summed E-state index contributed by atoms with van der Waals surface area (Å²) in [5, 5.41) is 9.70. The van der Waals surface area contributed by atoms with E-state index in [4.69, 9.17) is 9.47 Å². The van der Waals surface area contributed by atoms with E-state index in [1.165, 1.54) is 0 Å². The van der Waals surface area contributed by atoms with Crippen molar-refractivity contribution < 1.29 is 28.7 Å². The Morgan fingerprint density at radius 2 is 1.71 bits per heavy atom. The molecule has 1 fully saturated rings. The van der Waals surface area contributed by atoms with Crippen LogP contribution in [0.1, 0.15) is 56.7 Å². The second-order valence-electron chi connectivity index (χ2n) is 14.2. The molecular formula is C37H50N4O6Si. The molecule has 0 aliphatic heterocycles. The summed E-state index contributed by atoms with van der Waals surface area (Å²) in [6.07, 6.45) is 7.35. The summed E-state index contributed by atoms with van der Waals surface area (Å²) in [5.74, 6) is -1.28. The van der Waals surface area contributed by atoms with E-state index in [1.807, 2.05) is 60.8 Å². The van der Waals surface area contributed by atoms with Crippen molar-refractivity contribution in [3.63, 3.8) is 0 Å². The maximum atomic E-state index is 14.1. The number of amides is 3. The Balaban J connectivity index is 1.47. The van der Waals surface area contributed by atoms with E-state index in [0.717, 1.165) is 65.9 Å². The summed E-state index contributed by atoms with van der Waals surface area (Å²) >= 11 is 0. The third kappa shape index (κ3) is 10.8. The van der Waals surface area contributed by atoms with Crippen molar-refractivity contribution in [2.45, 2.75) is 89.3 Å². The lowest BCUT2D eigenvalue weighted by Crippen LogP contribution is -2.59. The molecule has 0 saturated heterocycles. The Labute approximate surface area is 284 Å². The molecule has 0 bridgehead atoms. The van der Waals surface area contributed by atoms with Gasteiger partial charge < -0.3 is 30.4 Å². The van der Waals surface area contributed by atoms with E-state index in [-0.39, 0.29) is 25.0 Å². The molecule has 3 aromatic rings. The Morgan fingerprint density at radius 1 is 1.00 bits per heavy atom. The molecule has 4 atom stereocenters. The number of H-pyrrole nitrogens is 1. The number of aromatic nitrogens is 1. The number of ether oxygens (including phenoxy) is 2. The minimum atomic E-state index is -1.38. The van der Waals surface area contributed by atoms with Gasteiger partial charge in [0.15, 0.2) is 0 Å². The number of hydrogen-bond acceptors (Lipinski definition) is 6. The number of hydrogen-bond donors (Lipinski definition) is 4. The highest BCUT2D eigenvalue weighted by atomic mass is 28.3. The molecule has 258 valence electrons. The number of para-hydroxylation sites is 1. The smallest absolute Gasteiger partial charge is 0.408 e. The first-order chi connectivity index (χ1) is 22.8. The van der Waals surface area contributed by atoms with Crippen molar-refractivity contribution in [1.29, 1.82) is 0 Å². The van der Waals surface area contributed by atoms with Crippen LogP contribution in [-0.4, -0.2) is 61.7 Å². The van der Waals surface area contributed by atoms with Gasteiger partial charge in [0, 0.05) is 50.3 Å². The number of benzene rings is 2. The van der Waals surface area contributed by atoms with E-state index in [1.54, 1.807) is 6.92 Å². The topological polar surface area (TPSA) is 139 Å². The van der Waals surface area contributed by atoms with Gasteiger partial charge in [0.25, 0.3) is 0 Å². The van der Waals surface area contributed by atoms with Crippen LogP contribution in [-0.2, 0) is 30.3 Å². The minimum absolute atomic E-state index is 0.0307. The van der Waals surface area contributed by atoms with Crippen molar-refractivity contribution in [1.82, 2.24) is 20.9 Å². The molecule has 1 saturated carbocycles. The quantitative estimate of drug-likeness (QED) is 0.0915. The maximum Gasteiger partial charge on any atom is 0.408 e. The van der Waals surface area contributed by atoms with Crippen LogP contribution in [0.15, 0.2) is 72.9 Å². The summed E-state index contributed by atoms with van der Waals surface area (Å²) in [5.41, 5.74) is 1.16. The van der Waals surface area contributed by atoms with Crippen LogP contribution in [0.5, 0.6) is 0 Å². The molecule has 1 heterocycles. The van der Waals surface area contributed by atoms with E-state index < -0.39 is 43.5 Å². The molecule has 11 heteroatoms. The second kappa shape index (κ2) is 16.6. The summed E-state index contributed by atoms with van der Waals surface area (Å²) in [6, 6.07) is 17.2. The number of alkyl carbamates (subject to hydrolysis) is 1. The van der Waals surface area contributed by atoms with Crippen molar-refractivity contribution in [2.75, 3.05) is 13.2 Å². The molecule has 3 amide bonds. The lowest BCUT2D eigenvalue weighted by molar-refractivity contribution is -0.137. The minimum Gasteiger partial charge on any atom is -0.463 e. The zero-order valence-electron chi connectivity index (χ0n) is 28.8. The Hall–Kier alpha value is -4.38. The van der Waals surface area contributed by atoms with Crippen LogP contribution >= 0.6 is 0 Å². The fourth-order valence-corrected chi connectivity index (χ4v) is 6.60. The van der Waals surface area contributed by atoms with Gasteiger partial charge in [-0.25, -0.2) is 9.59 Å². The van der Waals surface area contributed by atoms with E-state index >= 15 is 0 Å². The SMILES string of the molecule is C[C@@H]1CCCC[C@H]1OC(=O)N[C@](C)(Cc1c[nH]c2ccccc12)C(=O)NC[C@H](NC(=O)/C=C/C(=O)OCC[Si](C)(C)C)c1ccccc1. The van der Waals surface area contributed by atoms with E-state index in [9.17, 15) is 19.2 Å². The molecule has 2 aromatic carbocycles. The van der Waals surface area contributed by atoms with Gasteiger partial charge in [0.05, 0.1) is 12.6 Å². The summed E-state index contributed by atoms with van der Waals surface area (Å²) in [6.45, 7) is 10.7. The maximum absolute atomic E-state index is 14.1. The van der Waals surface area contributed by atoms with Crippen molar-refractivity contribution >= 4 is 42.9 Å². The van der Waals surface area contributed by atoms with Gasteiger partial charge in [-0.1, -0.05) is 81.5 Å². The number of esters is 1. The molecule has 0 spiro atoms. The van der Waals surface area contributed by atoms with Crippen molar-refractivity contribution in [3.05, 3.63) is 84.1 Å². The molecule has 0 radical (unpaired) electrons. The number of rotatable bonds is 14. The predicted octanol–water partition coefficient (Wildman–Crippen LogP) is 6.19. The number of aromatic amines is 1. The van der Waals surface area contributed by atoms with Gasteiger partial charge in [-0.15, -0.1) is 0 Å². The fraction of sp³-hybridized carbons (Fsp3) is 0.459. The van der Waals surface area contributed by atoms with Crippen LogP contribution in [0, 0.1) is 5.92 Å². The van der Waals surface area contributed by atoms with Crippen molar-refractivity contribution in [2.24, 2.45) is 5.92 Å². The lowest BCUT2D eigenvalue weighted by Gasteiger charge is -2.33. The highest BCUT2D eigenvalue weighted by Crippen LogP contribution is 2.27. The fourth-order valence-electron chi connectivity index (χ4n) is 5.89. The van der Waals surface area contributed by atoms with Gasteiger partial charge in [-0.3, -0.25) is 9.59 Å². The van der Waals surface area contributed by atoms with Crippen LogP contribution in [0.2, 0.25) is 25.7 Å². The first-order valence-electron chi connectivity index (χ1n) is 16.9. The first kappa shape index (κ1) is 36.5. The zero-order chi connectivity index (χ0) is 34.7. The number of carbonyl (C=O) groups excluding carboxylic acids is 4. The third-order valence-electron chi connectivity index (χ3n) is 8.84. The Morgan fingerprint density at radius 3 is 2.44 bits per heavy atom. The monoisotopic (exact) mass is 674 g/mol. The molecule has 4 N–H and O–H groups in total. The second-order valence-corrected chi connectivity index (χ2v) is 19.8. The third-order valence-corrected chi connectivity index (χ3v) is 10.5. The van der Waals surface area contributed by atoms with Crippen LogP contribution in [0.4, 0.5) is 4.79 Å². The normalized spacial score (nSPS) is 18.4. The molecule has 1 aliphatic rings. The average Bonchev–Trinajstić information content (AvgIpc) is 3.45. The largest absolute Gasteiger partial charge is 0.463 e. The average molecular weight is 675 g/mol. The molecule has 48 heavy (non-hydrogen) atoms. The summed E-state index contributed by atoms with van der Waals surface area (Å²) in [4.78, 5) is 55.7. The van der Waals surface area contributed by atoms with Gasteiger partial charge >= 0.3 is 12.1 Å². The van der Waals surface area contributed by atoms with Crippen LogP contribution < -0.4 is 16.0 Å². The molecule has 1 aromatic heterocycles. The van der Waals surface area contributed by atoms with Crippen LogP contribution in [0.3, 0.4) is 0 Å². The van der Waals surface area contributed by atoms with E-state index in [2.05, 4.69) is 47.5 Å². The lowest BCUT2D eigenvalue weighted by atomic mass is 9.88. The van der Waals surface area contributed by atoms with Gasteiger partial charge in [-0.05, 0) is 55.3 Å². The summed E-state index contributed by atoms with van der Waals surface area (Å²) in [7, 11) is -1.36. The predicted molar refractivity (Wildman–Crippen MR) is 190 cm³/mol. The number of nitrogens with one attached hydrogen (secondary N) is 4.